The van der Waals surface area contributed by atoms with Crippen molar-refractivity contribution in [3.63, 3.8) is 0 Å². The third-order valence-electron chi connectivity index (χ3n) is 2.35. The van der Waals surface area contributed by atoms with Crippen LogP contribution in [0.2, 0.25) is 0 Å². The molecule has 88 valence electrons. The summed E-state index contributed by atoms with van der Waals surface area (Å²) in [6, 6.07) is 4.82. The molecule has 0 aliphatic carbocycles. The van der Waals surface area contributed by atoms with E-state index in [1.807, 2.05) is 0 Å². The first-order valence-electron chi connectivity index (χ1n) is 4.99. The summed E-state index contributed by atoms with van der Waals surface area (Å²) < 4.78 is 38.0. The van der Waals surface area contributed by atoms with E-state index in [2.05, 4.69) is 6.58 Å². The average molecular weight is 229 g/mol. The second-order valence-electron chi connectivity index (χ2n) is 3.56. The molecular formula is C12H14F3N. The summed E-state index contributed by atoms with van der Waals surface area (Å²) in [6.07, 6.45) is -1.62. The largest absolute Gasteiger partial charge is 0.416 e. The Balaban J connectivity index is 2.99. The van der Waals surface area contributed by atoms with E-state index >= 15 is 0 Å². The molecule has 0 heterocycles. The lowest BCUT2D eigenvalue weighted by Crippen LogP contribution is -2.17. The van der Waals surface area contributed by atoms with Gasteiger partial charge in [-0.1, -0.05) is 24.3 Å². The molecule has 0 radical (unpaired) electrons. The van der Waals surface area contributed by atoms with Gasteiger partial charge in [0.1, 0.15) is 0 Å². The fourth-order valence-corrected chi connectivity index (χ4v) is 1.53. The zero-order valence-corrected chi connectivity index (χ0v) is 8.80. The van der Waals surface area contributed by atoms with Crippen molar-refractivity contribution in [1.29, 1.82) is 0 Å². The van der Waals surface area contributed by atoms with Gasteiger partial charge in [-0.3, -0.25) is 0 Å². The first kappa shape index (κ1) is 12.8. The van der Waals surface area contributed by atoms with Crippen molar-refractivity contribution in [3.8, 4) is 0 Å². The van der Waals surface area contributed by atoms with E-state index in [0.29, 0.717) is 12.8 Å². The van der Waals surface area contributed by atoms with E-state index in [9.17, 15) is 13.2 Å². The molecule has 0 aromatic heterocycles. The van der Waals surface area contributed by atoms with Gasteiger partial charge in [0, 0.05) is 6.04 Å². The number of nitrogens with two attached hydrogens (primary N) is 1. The molecule has 1 rings (SSSR count). The van der Waals surface area contributed by atoms with Gasteiger partial charge in [-0.15, -0.1) is 6.58 Å². The van der Waals surface area contributed by atoms with Gasteiger partial charge in [0.25, 0.3) is 0 Å². The zero-order chi connectivity index (χ0) is 12.2. The maximum Gasteiger partial charge on any atom is 0.416 e. The molecule has 0 fully saturated rings. The van der Waals surface area contributed by atoms with Gasteiger partial charge in [-0.25, -0.2) is 0 Å². The summed E-state index contributed by atoms with van der Waals surface area (Å²) in [5.41, 5.74) is 5.23. The predicted molar refractivity (Wildman–Crippen MR) is 57.8 cm³/mol. The molecule has 1 aromatic carbocycles. The Bertz CT molecular complexity index is 358. The standard InChI is InChI=1S/C12H14F3N/c1-2-3-8-11(16)9-6-4-5-7-10(9)12(13,14)15/h2,4-7,11H,1,3,8,16H2/t11-/m1/s1. The van der Waals surface area contributed by atoms with Gasteiger partial charge in [0.15, 0.2) is 0 Å². The molecule has 0 aliphatic heterocycles. The van der Waals surface area contributed by atoms with E-state index in [1.165, 1.54) is 12.1 Å². The second kappa shape index (κ2) is 5.16. The summed E-state index contributed by atoms with van der Waals surface area (Å²) in [7, 11) is 0. The highest BCUT2D eigenvalue weighted by Crippen LogP contribution is 2.34. The lowest BCUT2D eigenvalue weighted by atomic mass is 9.97. The smallest absolute Gasteiger partial charge is 0.324 e. The number of hydrogen-bond acceptors (Lipinski definition) is 1. The molecule has 0 aliphatic rings. The van der Waals surface area contributed by atoms with Gasteiger partial charge in [0.2, 0.25) is 0 Å². The number of hydrogen-bond donors (Lipinski definition) is 1. The van der Waals surface area contributed by atoms with Crippen LogP contribution in [-0.2, 0) is 6.18 Å². The summed E-state index contributed by atoms with van der Waals surface area (Å²) in [6.45, 7) is 3.52. The summed E-state index contributed by atoms with van der Waals surface area (Å²) in [4.78, 5) is 0. The van der Waals surface area contributed by atoms with Crippen molar-refractivity contribution in [2.75, 3.05) is 0 Å². The van der Waals surface area contributed by atoms with Crippen LogP contribution in [0.25, 0.3) is 0 Å². The molecular weight excluding hydrogens is 215 g/mol. The normalized spacial score (nSPS) is 13.5. The molecule has 0 unspecified atom stereocenters. The molecule has 0 amide bonds. The van der Waals surface area contributed by atoms with Crippen LogP contribution in [0.3, 0.4) is 0 Å². The minimum atomic E-state index is -4.34. The van der Waals surface area contributed by atoms with Crippen molar-refractivity contribution in [3.05, 3.63) is 48.0 Å². The van der Waals surface area contributed by atoms with Crippen molar-refractivity contribution in [2.24, 2.45) is 5.73 Å². The Morgan fingerprint density at radius 3 is 2.50 bits per heavy atom. The monoisotopic (exact) mass is 229 g/mol. The van der Waals surface area contributed by atoms with E-state index in [-0.39, 0.29) is 5.56 Å². The SMILES string of the molecule is C=CCC[C@@H](N)c1ccccc1C(F)(F)F. The Morgan fingerprint density at radius 1 is 1.31 bits per heavy atom. The third-order valence-corrected chi connectivity index (χ3v) is 2.35. The third kappa shape index (κ3) is 3.10. The van der Waals surface area contributed by atoms with E-state index in [4.69, 9.17) is 5.73 Å². The molecule has 0 saturated heterocycles. The molecule has 4 heteroatoms. The molecule has 0 spiro atoms. The molecule has 1 aromatic rings. The Morgan fingerprint density at radius 2 is 1.94 bits per heavy atom. The predicted octanol–water partition coefficient (Wildman–Crippen LogP) is 3.67. The lowest BCUT2D eigenvalue weighted by Gasteiger charge is -2.17. The number of halogens is 3. The van der Waals surface area contributed by atoms with Crippen LogP contribution in [-0.4, -0.2) is 0 Å². The van der Waals surface area contributed by atoms with Gasteiger partial charge < -0.3 is 5.73 Å². The average Bonchev–Trinajstić information content (AvgIpc) is 2.24. The molecule has 0 bridgehead atoms. The summed E-state index contributed by atoms with van der Waals surface area (Å²) in [5.74, 6) is 0. The van der Waals surface area contributed by atoms with Gasteiger partial charge >= 0.3 is 6.18 Å². The first-order chi connectivity index (χ1) is 7.46. The van der Waals surface area contributed by atoms with E-state index in [1.54, 1.807) is 12.1 Å². The van der Waals surface area contributed by atoms with Crippen molar-refractivity contribution >= 4 is 0 Å². The Hall–Kier alpha value is -1.29. The lowest BCUT2D eigenvalue weighted by molar-refractivity contribution is -0.138. The second-order valence-corrected chi connectivity index (χ2v) is 3.56. The van der Waals surface area contributed by atoms with Crippen LogP contribution in [0.15, 0.2) is 36.9 Å². The highest BCUT2D eigenvalue weighted by molar-refractivity contribution is 5.32. The van der Waals surface area contributed by atoms with Crippen LogP contribution in [0.4, 0.5) is 13.2 Å². The number of allylic oxidation sites excluding steroid dienone is 1. The summed E-state index contributed by atoms with van der Waals surface area (Å²) >= 11 is 0. The zero-order valence-electron chi connectivity index (χ0n) is 8.80. The van der Waals surface area contributed by atoms with Gasteiger partial charge in [-0.2, -0.15) is 13.2 Å². The minimum Gasteiger partial charge on any atom is -0.324 e. The molecule has 1 atom stereocenters. The van der Waals surface area contributed by atoms with Crippen molar-refractivity contribution in [1.82, 2.24) is 0 Å². The number of rotatable bonds is 4. The van der Waals surface area contributed by atoms with Gasteiger partial charge in [-0.05, 0) is 24.5 Å². The number of benzene rings is 1. The van der Waals surface area contributed by atoms with Crippen LogP contribution < -0.4 is 5.73 Å². The fraction of sp³-hybridized carbons (Fsp3) is 0.333. The van der Waals surface area contributed by atoms with Crippen molar-refractivity contribution < 1.29 is 13.2 Å². The van der Waals surface area contributed by atoms with Crippen LogP contribution in [0.1, 0.15) is 30.0 Å². The quantitative estimate of drug-likeness (QED) is 0.783. The van der Waals surface area contributed by atoms with Crippen LogP contribution in [0.5, 0.6) is 0 Å². The minimum absolute atomic E-state index is 0.150. The molecule has 2 N–H and O–H groups in total. The van der Waals surface area contributed by atoms with Crippen LogP contribution >= 0.6 is 0 Å². The fourth-order valence-electron chi connectivity index (χ4n) is 1.53. The number of alkyl halides is 3. The summed E-state index contributed by atoms with van der Waals surface area (Å²) in [5, 5.41) is 0. The Labute approximate surface area is 92.8 Å². The topological polar surface area (TPSA) is 26.0 Å². The van der Waals surface area contributed by atoms with Crippen molar-refractivity contribution in [2.45, 2.75) is 25.1 Å². The molecule has 1 nitrogen and oxygen atoms in total. The van der Waals surface area contributed by atoms with E-state index < -0.39 is 17.8 Å². The highest BCUT2D eigenvalue weighted by Gasteiger charge is 2.33. The van der Waals surface area contributed by atoms with E-state index in [0.717, 1.165) is 6.07 Å². The highest BCUT2D eigenvalue weighted by atomic mass is 19.4. The maximum absolute atomic E-state index is 12.7. The molecule has 16 heavy (non-hydrogen) atoms. The van der Waals surface area contributed by atoms with Gasteiger partial charge in [0.05, 0.1) is 5.56 Å². The maximum atomic E-state index is 12.7. The Kier molecular flexibility index (Phi) is 4.12. The van der Waals surface area contributed by atoms with Crippen LogP contribution in [0, 0.1) is 0 Å². The first-order valence-corrected chi connectivity index (χ1v) is 4.99. The molecule has 0 saturated carbocycles.